The molecule has 0 bridgehead atoms. The first-order chi connectivity index (χ1) is 9.61. The van der Waals surface area contributed by atoms with Crippen molar-refractivity contribution in [3.63, 3.8) is 0 Å². The topological polar surface area (TPSA) is 17.1 Å². The lowest BCUT2D eigenvalue weighted by Crippen LogP contribution is -2.00. The molecule has 3 aromatic rings. The third-order valence-corrected chi connectivity index (χ3v) is 4.38. The van der Waals surface area contributed by atoms with Crippen LogP contribution in [0, 0.1) is 5.82 Å². The normalized spacial score (nSPS) is 10.9. The number of halogens is 2. The van der Waals surface area contributed by atoms with Gasteiger partial charge in [0.2, 0.25) is 0 Å². The van der Waals surface area contributed by atoms with Crippen molar-refractivity contribution >= 4 is 38.8 Å². The third kappa shape index (κ3) is 2.74. The molecule has 0 amide bonds. The van der Waals surface area contributed by atoms with E-state index in [-0.39, 0.29) is 11.6 Å². The fraction of sp³-hybridized carbons (Fsp3) is 0.0625. The number of carbonyl (C=O) groups excluding carboxylic acids is 1. The quantitative estimate of drug-likeness (QED) is 0.614. The van der Waals surface area contributed by atoms with Crippen molar-refractivity contribution in [1.82, 2.24) is 0 Å². The van der Waals surface area contributed by atoms with Crippen molar-refractivity contribution in [2.45, 2.75) is 6.42 Å². The maximum absolute atomic E-state index is 13.1. The monoisotopic (exact) mass is 304 g/mol. The van der Waals surface area contributed by atoms with E-state index in [1.807, 2.05) is 18.2 Å². The molecule has 0 radical (unpaired) electrons. The molecule has 0 fully saturated rings. The van der Waals surface area contributed by atoms with E-state index in [1.165, 1.54) is 23.5 Å². The number of thiophene rings is 1. The average molecular weight is 305 g/mol. The van der Waals surface area contributed by atoms with Crippen molar-refractivity contribution in [2.24, 2.45) is 0 Å². The Morgan fingerprint density at radius 1 is 1.15 bits per heavy atom. The standard InChI is InChI=1S/C16H10ClFOS/c17-12-3-1-2-10(6-12)7-14(19)16-8-11-4-5-13(18)9-15(11)20-16/h1-6,8-9H,7H2. The van der Waals surface area contributed by atoms with Crippen LogP contribution in [0.25, 0.3) is 10.1 Å². The van der Waals surface area contributed by atoms with Gasteiger partial charge in [0.05, 0.1) is 4.88 Å². The Morgan fingerprint density at radius 2 is 2.00 bits per heavy atom. The van der Waals surface area contributed by atoms with Gasteiger partial charge in [0.15, 0.2) is 5.78 Å². The molecular formula is C16H10ClFOS. The largest absolute Gasteiger partial charge is 0.293 e. The minimum absolute atomic E-state index is 0.0221. The summed E-state index contributed by atoms with van der Waals surface area (Å²) in [5.74, 6) is -0.262. The fourth-order valence-electron chi connectivity index (χ4n) is 2.06. The van der Waals surface area contributed by atoms with Gasteiger partial charge in [-0.3, -0.25) is 4.79 Å². The van der Waals surface area contributed by atoms with Crippen LogP contribution in [0.3, 0.4) is 0 Å². The molecule has 2 aromatic carbocycles. The van der Waals surface area contributed by atoms with E-state index in [4.69, 9.17) is 11.6 Å². The lowest BCUT2D eigenvalue weighted by Gasteiger charge is -1.99. The van der Waals surface area contributed by atoms with Gasteiger partial charge in [0.1, 0.15) is 5.82 Å². The average Bonchev–Trinajstić information content (AvgIpc) is 2.81. The van der Waals surface area contributed by atoms with Gasteiger partial charge in [0.25, 0.3) is 0 Å². The summed E-state index contributed by atoms with van der Waals surface area (Å²) in [6.45, 7) is 0. The number of hydrogen-bond acceptors (Lipinski definition) is 2. The SMILES string of the molecule is O=C(Cc1cccc(Cl)c1)c1cc2ccc(F)cc2s1. The molecule has 0 saturated heterocycles. The van der Waals surface area contributed by atoms with E-state index in [0.717, 1.165) is 15.6 Å². The Balaban J connectivity index is 1.88. The zero-order valence-electron chi connectivity index (χ0n) is 10.4. The van der Waals surface area contributed by atoms with Gasteiger partial charge in [-0.1, -0.05) is 29.8 Å². The predicted molar refractivity (Wildman–Crippen MR) is 81.3 cm³/mol. The molecule has 1 nitrogen and oxygen atoms in total. The van der Waals surface area contributed by atoms with Crippen molar-refractivity contribution < 1.29 is 9.18 Å². The fourth-order valence-corrected chi connectivity index (χ4v) is 3.30. The third-order valence-electron chi connectivity index (χ3n) is 3.01. The second-order valence-corrected chi connectivity index (χ2v) is 6.04. The number of ketones is 1. The number of benzene rings is 2. The zero-order valence-corrected chi connectivity index (χ0v) is 12.0. The summed E-state index contributed by atoms with van der Waals surface area (Å²) in [6, 6.07) is 13.6. The molecule has 0 aliphatic carbocycles. The van der Waals surface area contributed by atoms with Crippen LogP contribution < -0.4 is 0 Å². The first kappa shape index (κ1) is 13.3. The van der Waals surface area contributed by atoms with Crippen molar-refractivity contribution in [1.29, 1.82) is 0 Å². The van der Waals surface area contributed by atoms with Gasteiger partial charge in [0, 0.05) is 16.1 Å². The number of hydrogen-bond donors (Lipinski definition) is 0. The van der Waals surface area contributed by atoms with Crippen LogP contribution in [0.5, 0.6) is 0 Å². The zero-order chi connectivity index (χ0) is 14.1. The van der Waals surface area contributed by atoms with Crippen LogP contribution in [0.1, 0.15) is 15.2 Å². The van der Waals surface area contributed by atoms with E-state index in [9.17, 15) is 9.18 Å². The lowest BCUT2D eigenvalue weighted by atomic mass is 10.1. The van der Waals surface area contributed by atoms with Gasteiger partial charge < -0.3 is 0 Å². The van der Waals surface area contributed by atoms with E-state index in [0.29, 0.717) is 16.3 Å². The van der Waals surface area contributed by atoms with Crippen LogP contribution in [0.2, 0.25) is 5.02 Å². The van der Waals surface area contributed by atoms with Crippen LogP contribution >= 0.6 is 22.9 Å². The Morgan fingerprint density at radius 3 is 2.80 bits per heavy atom. The molecule has 20 heavy (non-hydrogen) atoms. The van der Waals surface area contributed by atoms with Crippen molar-refractivity contribution in [2.75, 3.05) is 0 Å². The molecule has 1 heterocycles. The first-order valence-electron chi connectivity index (χ1n) is 6.08. The summed E-state index contributed by atoms with van der Waals surface area (Å²) >= 11 is 7.23. The summed E-state index contributed by atoms with van der Waals surface area (Å²) in [5, 5.41) is 1.51. The molecule has 0 N–H and O–H groups in total. The maximum atomic E-state index is 13.1. The summed E-state index contributed by atoms with van der Waals surface area (Å²) < 4.78 is 13.9. The second-order valence-electron chi connectivity index (χ2n) is 4.52. The first-order valence-corrected chi connectivity index (χ1v) is 7.28. The second kappa shape index (κ2) is 5.35. The van der Waals surface area contributed by atoms with Crippen LogP contribution in [0.15, 0.2) is 48.5 Å². The molecule has 3 rings (SSSR count). The molecule has 0 spiro atoms. The Hall–Kier alpha value is -1.71. The Bertz CT molecular complexity index is 794. The summed E-state index contributed by atoms with van der Waals surface area (Å²) in [7, 11) is 0. The molecule has 100 valence electrons. The van der Waals surface area contributed by atoms with Gasteiger partial charge in [-0.05, 0) is 41.3 Å². The molecule has 0 unspecified atom stereocenters. The van der Waals surface area contributed by atoms with Gasteiger partial charge in [-0.25, -0.2) is 4.39 Å². The minimum atomic E-state index is -0.284. The van der Waals surface area contributed by atoms with Crippen molar-refractivity contribution in [3.8, 4) is 0 Å². The molecule has 0 aliphatic rings. The summed E-state index contributed by atoms with van der Waals surface area (Å²) in [6.07, 6.45) is 0.301. The maximum Gasteiger partial charge on any atom is 0.177 e. The van der Waals surface area contributed by atoms with E-state index in [2.05, 4.69) is 0 Å². The lowest BCUT2D eigenvalue weighted by molar-refractivity contribution is 0.0997. The highest BCUT2D eigenvalue weighted by Crippen LogP contribution is 2.27. The van der Waals surface area contributed by atoms with Gasteiger partial charge in [-0.2, -0.15) is 0 Å². The van der Waals surface area contributed by atoms with Gasteiger partial charge in [-0.15, -0.1) is 11.3 Å². The van der Waals surface area contributed by atoms with E-state index < -0.39 is 0 Å². The highest BCUT2D eigenvalue weighted by atomic mass is 35.5. The number of carbonyl (C=O) groups is 1. The molecule has 1 aromatic heterocycles. The Labute approximate surface area is 124 Å². The molecule has 0 aliphatic heterocycles. The minimum Gasteiger partial charge on any atom is -0.293 e. The van der Waals surface area contributed by atoms with Crippen LogP contribution in [-0.2, 0) is 6.42 Å². The smallest absolute Gasteiger partial charge is 0.177 e. The molecular weight excluding hydrogens is 295 g/mol. The van der Waals surface area contributed by atoms with Crippen molar-refractivity contribution in [3.05, 3.63) is 69.8 Å². The highest BCUT2D eigenvalue weighted by Gasteiger charge is 2.11. The van der Waals surface area contributed by atoms with Crippen LogP contribution in [0.4, 0.5) is 4.39 Å². The van der Waals surface area contributed by atoms with Gasteiger partial charge >= 0.3 is 0 Å². The highest BCUT2D eigenvalue weighted by molar-refractivity contribution is 7.20. The summed E-state index contributed by atoms with van der Waals surface area (Å²) in [4.78, 5) is 12.9. The number of Topliss-reactive ketones (excluding diaryl/α,β-unsaturated/α-hetero) is 1. The number of fused-ring (bicyclic) bond motifs is 1. The summed E-state index contributed by atoms with van der Waals surface area (Å²) in [5.41, 5.74) is 0.881. The van der Waals surface area contributed by atoms with E-state index in [1.54, 1.807) is 18.2 Å². The van der Waals surface area contributed by atoms with Crippen LogP contribution in [-0.4, -0.2) is 5.78 Å². The number of rotatable bonds is 3. The van der Waals surface area contributed by atoms with E-state index >= 15 is 0 Å². The molecule has 4 heteroatoms. The predicted octanol–water partition coefficient (Wildman–Crippen LogP) is 5.12. The Kier molecular flexibility index (Phi) is 3.55. The molecule has 0 saturated carbocycles. The molecule has 0 atom stereocenters.